The van der Waals surface area contributed by atoms with Crippen molar-refractivity contribution in [1.29, 1.82) is 0 Å². The van der Waals surface area contributed by atoms with Crippen LogP contribution >= 0.6 is 12.2 Å². The van der Waals surface area contributed by atoms with Gasteiger partial charge in [-0.3, -0.25) is 19.7 Å². The van der Waals surface area contributed by atoms with Crippen molar-refractivity contribution in [1.82, 2.24) is 5.32 Å². The third-order valence-electron chi connectivity index (χ3n) is 2.69. The molecule has 0 spiro atoms. The molecule has 0 aliphatic rings. The maximum absolute atomic E-state index is 11.6. The Morgan fingerprint density at radius 1 is 1.30 bits per heavy atom. The minimum atomic E-state index is -0.605. The van der Waals surface area contributed by atoms with E-state index >= 15 is 0 Å². The standard InChI is InChI=1S/C13H15N3O6S/c1-21-8-3-4-9(10(7-8)16(19)20)14-13(23)15-11(17)5-6-12(18)22-2/h3-4,7H,5-6H2,1-2H3,(H2,14,15,17,23). The average Bonchev–Trinajstić information content (AvgIpc) is 2.52. The Morgan fingerprint density at radius 2 is 2.00 bits per heavy atom. The molecule has 0 unspecified atom stereocenters. The fourth-order valence-electron chi connectivity index (χ4n) is 1.56. The smallest absolute Gasteiger partial charge is 0.306 e. The number of nitrogens with zero attached hydrogens (tertiary/aromatic N) is 1. The number of ether oxygens (including phenoxy) is 2. The maximum atomic E-state index is 11.6. The molecule has 0 atom stereocenters. The van der Waals surface area contributed by atoms with Crippen molar-refractivity contribution in [2.75, 3.05) is 19.5 Å². The molecule has 124 valence electrons. The van der Waals surface area contributed by atoms with Crippen molar-refractivity contribution in [2.45, 2.75) is 12.8 Å². The van der Waals surface area contributed by atoms with Crippen molar-refractivity contribution in [3.63, 3.8) is 0 Å². The van der Waals surface area contributed by atoms with Crippen LogP contribution in [-0.2, 0) is 14.3 Å². The minimum absolute atomic E-state index is 0.0897. The van der Waals surface area contributed by atoms with Crippen molar-refractivity contribution < 1.29 is 24.0 Å². The molecule has 2 N–H and O–H groups in total. The summed E-state index contributed by atoms with van der Waals surface area (Å²) >= 11 is 4.91. The van der Waals surface area contributed by atoms with Gasteiger partial charge in [0.1, 0.15) is 11.4 Å². The third kappa shape index (κ3) is 5.87. The molecule has 0 aliphatic heterocycles. The van der Waals surface area contributed by atoms with Crippen LogP contribution in [0.25, 0.3) is 0 Å². The van der Waals surface area contributed by atoms with Gasteiger partial charge < -0.3 is 20.1 Å². The Morgan fingerprint density at radius 3 is 2.57 bits per heavy atom. The number of thiocarbonyl (C=S) groups is 1. The summed E-state index contributed by atoms with van der Waals surface area (Å²) in [6.07, 6.45) is -0.202. The number of carbonyl (C=O) groups excluding carboxylic acids is 2. The maximum Gasteiger partial charge on any atom is 0.306 e. The van der Waals surface area contributed by atoms with Gasteiger partial charge in [0, 0.05) is 6.42 Å². The van der Waals surface area contributed by atoms with Crippen molar-refractivity contribution in [3.05, 3.63) is 28.3 Å². The molecule has 0 bridgehead atoms. The Labute approximate surface area is 137 Å². The van der Waals surface area contributed by atoms with Crippen molar-refractivity contribution >= 4 is 40.6 Å². The average molecular weight is 341 g/mol. The number of nitrogens with one attached hydrogen (secondary N) is 2. The van der Waals surface area contributed by atoms with E-state index in [9.17, 15) is 19.7 Å². The fourth-order valence-corrected chi connectivity index (χ4v) is 1.78. The summed E-state index contributed by atoms with van der Waals surface area (Å²) in [6.45, 7) is 0. The van der Waals surface area contributed by atoms with Crippen molar-refractivity contribution in [3.8, 4) is 5.75 Å². The molecule has 0 aromatic heterocycles. The summed E-state index contributed by atoms with van der Waals surface area (Å²) in [6, 6.07) is 4.14. The van der Waals surface area contributed by atoms with Gasteiger partial charge in [-0.1, -0.05) is 0 Å². The van der Waals surface area contributed by atoms with Crippen LogP contribution in [0.4, 0.5) is 11.4 Å². The summed E-state index contributed by atoms with van der Waals surface area (Å²) in [4.78, 5) is 32.9. The molecule has 23 heavy (non-hydrogen) atoms. The van der Waals surface area contributed by atoms with Gasteiger partial charge in [0.25, 0.3) is 5.69 Å². The molecule has 0 heterocycles. The predicted molar refractivity (Wildman–Crippen MR) is 85.3 cm³/mol. The Hall–Kier alpha value is -2.75. The molecule has 0 saturated carbocycles. The summed E-state index contributed by atoms with van der Waals surface area (Å²) < 4.78 is 9.33. The molecule has 0 radical (unpaired) electrons. The van der Waals surface area contributed by atoms with Crippen molar-refractivity contribution in [2.24, 2.45) is 0 Å². The second kappa shape index (κ2) is 8.63. The first-order chi connectivity index (χ1) is 10.9. The number of esters is 1. The quantitative estimate of drug-likeness (QED) is 0.344. The first kappa shape index (κ1) is 18.3. The highest BCUT2D eigenvalue weighted by Gasteiger charge is 2.17. The monoisotopic (exact) mass is 341 g/mol. The number of carbonyl (C=O) groups is 2. The van der Waals surface area contributed by atoms with Crippen LogP contribution in [0, 0.1) is 10.1 Å². The van der Waals surface area contributed by atoms with E-state index in [1.807, 2.05) is 0 Å². The van der Waals surface area contributed by atoms with E-state index in [-0.39, 0.29) is 29.3 Å². The topological polar surface area (TPSA) is 120 Å². The van der Waals surface area contributed by atoms with E-state index in [2.05, 4.69) is 15.4 Å². The van der Waals surface area contributed by atoms with Gasteiger partial charge in [0.2, 0.25) is 5.91 Å². The van der Waals surface area contributed by atoms with E-state index < -0.39 is 16.8 Å². The lowest BCUT2D eigenvalue weighted by atomic mass is 10.2. The predicted octanol–water partition coefficient (Wildman–Crippen LogP) is 1.37. The molecule has 1 amide bonds. The number of amides is 1. The van der Waals surface area contributed by atoms with Crippen LogP contribution in [0.2, 0.25) is 0 Å². The molecule has 1 aromatic rings. The normalized spacial score (nSPS) is 9.65. The molecule has 10 heteroatoms. The Balaban J connectivity index is 2.68. The van der Waals surface area contributed by atoms with Gasteiger partial charge in [-0.15, -0.1) is 0 Å². The first-order valence-electron chi connectivity index (χ1n) is 6.37. The first-order valence-corrected chi connectivity index (χ1v) is 6.78. The molecular weight excluding hydrogens is 326 g/mol. The molecule has 0 aliphatic carbocycles. The summed E-state index contributed by atoms with van der Waals surface area (Å²) in [5.74, 6) is -0.718. The van der Waals surface area contributed by atoms with Crippen LogP contribution in [0.1, 0.15) is 12.8 Å². The van der Waals surface area contributed by atoms with Gasteiger partial charge >= 0.3 is 5.97 Å². The highest BCUT2D eigenvalue weighted by molar-refractivity contribution is 7.80. The van der Waals surface area contributed by atoms with Crippen LogP contribution in [0.3, 0.4) is 0 Å². The molecule has 1 aromatic carbocycles. The lowest BCUT2D eigenvalue weighted by Crippen LogP contribution is -2.34. The number of nitro groups is 1. The number of hydrogen-bond acceptors (Lipinski definition) is 7. The number of methoxy groups -OCH3 is 2. The van der Waals surface area contributed by atoms with Gasteiger partial charge in [0.05, 0.1) is 31.6 Å². The second-order valence-electron chi connectivity index (χ2n) is 4.22. The molecule has 9 nitrogen and oxygen atoms in total. The number of nitro benzene ring substituents is 1. The molecular formula is C13H15N3O6S. The van der Waals surface area contributed by atoms with Crippen LogP contribution < -0.4 is 15.4 Å². The molecule has 0 fully saturated rings. The summed E-state index contributed by atoms with van der Waals surface area (Å²) in [7, 11) is 2.60. The lowest BCUT2D eigenvalue weighted by Gasteiger charge is -2.10. The number of rotatable bonds is 6. The second-order valence-corrected chi connectivity index (χ2v) is 4.63. The number of anilines is 1. The zero-order valence-corrected chi connectivity index (χ0v) is 13.3. The van der Waals surface area contributed by atoms with E-state index in [0.29, 0.717) is 5.75 Å². The Bertz CT molecular complexity index is 634. The van der Waals surface area contributed by atoms with E-state index in [1.54, 1.807) is 0 Å². The minimum Gasteiger partial charge on any atom is -0.496 e. The fraction of sp³-hybridized carbons (Fsp3) is 0.308. The zero-order valence-electron chi connectivity index (χ0n) is 12.5. The van der Waals surface area contributed by atoms with E-state index in [0.717, 1.165) is 0 Å². The van der Waals surface area contributed by atoms with Gasteiger partial charge in [-0.2, -0.15) is 0 Å². The summed E-state index contributed by atoms with van der Waals surface area (Å²) in [5, 5.41) is 15.8. The molecule has 0 saturated heterocycles. The van der Waals surface area contributed by atoms with E-state index in [4.69, 9.17) is 17.0 Å². The third-order valence-corrected chi connectivity index (χ3v) is 2.89. The SMILES string of the molecule is COC(=O)CCC(=O)NC(=S)Nc1ccc(OC)cc1[N+](=O)[O-]. The summed E-state index contributed by atoms with van der Waals surface area (Å²) in [5.41, 5.74) is -0.149. The van der Waals surface area contributed by atoms with Gasteiger partial charge in [-0.05, 0) is 24.4 Å². The van der Waals surface area contributed by atoms with E-state index in [1.165, 1.54) is 32.4 Å². The van der Waals surface area contributed by atoms with Crippen LogP contribution in [0.15, 0.2) is 18.2 Å². The highest BCUT2D eigenvalue weighted by atomic mass is 32.1. The van der Waals surface area contributed by atoms with Gasteiger partial charge in [-0.25, -0.2) is 0 Å². The number of benzene rings is 1. The highest BCUT2D eigenvalue weighted by Crippen LogP contribution is 2.28. The van der Waals surface area contributed by atoms with Gasteiger partial charge in [0.15, 0.2) is 5.11 Å². The molecule has 1 rings (SSSR count). The van der Waals surface area contributed by atoms with Crippen LogP contribution in [-0.4, -0.2) is 36.1 Å². The zero-order chi connectivity index (χ0) is 17.4. The number of hydrogen-bond donors (Lipinski definition) is 2. The van der Waals surface area contributed by atoms with Crippen LogP contribution in [0.5, 0.6) is 5.75 Å². The lowest BCUT2D eigenvalue weighted by molar-refractivity contribution is -0.384. The largest absolute Gasteiger partial charge is 0.496 e. The Kier molecular flexibility index (Phi) is 6.87.